The van der Waals surface area contributed by atoms with E-state index < -0.39 is 18.6 Å². The Kier molecular flexibility index (Phi) is 7.80. The van der Waals surface area contributed by atoms with Crippen molar-refractivity contribution < 1.29 is 33.6 Å². The van der Waals surface area contributed by atoms with Crippen molar-refractivity contribution >= 4 is 23.5 Å². The molecule has 2 aromatic carbocycles. The topological polar surface area (TPSA) is 107 Å². The number of halogens is 1. The lowest BCUT2D eigenvalue weighted by atomic mass is 9.87. The number of methoxy groups -OCH3 is 2. The Balaban J connectivity index is 1.65. The normalized spacial score (nSPS) is 14.5. The third kappa shape index (κ3) is 5.46. The Morgan fingerprint density at radius 1 is 1.03 bits per heavy atom. The molecule has 1 amide bonds. The maximum atomic E-state index is 13.5. The summed E-state index contributed by atoms with van der Waals surface area (Å²) in [5.74, 6) is -0.00198. The highest BCUT2D eigenvalue weighted by Crippen LogP contribution is 2.40. The molecule has 4 rings (SSSR count). The fourth-order valence-corrected chi connectivity index (χ4v) is 4.38. The smallest absolute Gasteiger partial charge is 0.341 e. The summed E-state index contributed by atoms with van der Waals surface area (Å²) >= 11 is 6.32. The molecule has 0 bridgehead atoms. The fraction of sp³-hybridized carbons (Fsp3) is 0.269. The largest absolute Gasteiger partial charge is 0.491 e. The van der Waals surface area contributed by atoms with Crippen LogP contribution in [0.3, 0.4) is 0 Å². The van der Waals surface area contributed by atoms with Crippen LogP contribution in [0.4, 0.5) is 0 Å². The standard InChI is InChI=1S/C26H25ClN2O7/c1-33-22-12-18(13-28-26(22)34-2)35-14-23(30)29-10-9-16-5-3-4-6-19(16)25(29)20-11-17(27)7-8-21(20)36-15-24(31)32/h3-8,11-13,25H,9-10,14-15H2,1-2H3,(H,31,32). The Hall–Kier alpha value is -3.98. The third-order valence-corrected chi connectivity index (χ3v) is 6.03. The predicted molar refractivity (Wildman–Crippen MR) is 131 cm³/mol. The number of carboxylic acid groups (broad SMARTS) is 1. The number of hydrogen-bond acceptors (Lipinski definition) is 7. The molecule has 3 aromatic rings. The van der Waals surface area contributed by atoms with Crippen LogP contribution in [-0.2, 0) is 16.0 Å². The number of fused-ring (bicyclic) bond motifs is 1. The zero-order valence-electron chi connectivity index (χ0n) is 19.8. The molecule has 2 heterocycles. The lowest BCUT2D eigenvalue weighted by Gasteiger charge is -2.38. The zero-order chi connectivity index (χ0) is 25.7. The van der Waals surface area contributed by atoms with Gasteiger partial charge in [-0.05, 0) is 35.7 Å². The number of amides is 1. The molecule has 1 aliphatic heterocycles. The van der Waals surface area contributed by atoms with Gasteiger partial charge < -0.3 is 29.0 Å². The van der Waals surface area contributed by atoms with E-state index >= 15 is 0 Å². The first-order chi connectivity index (χ1) is 17.4. The first-order valence-electron chi connectivity index (χ1n) is 11.1. The van der Waals surface area contributed by atoms with Crippen molar-refractivity contribution in [2.45, 2.75) is 12.5 Å². The summed E-state index contributed by atoms with van der Waals surface area (Å²) in [4.78, 5) is 30.4. The van der Waals surface area contributed by atoms with Crippen molar-refractivity contribution in [1.82, 2.24) is 9.88 Å². The van der Waals surface area contributed by atoms with Crippen LogP contribution in [0.15, 0.2) is 54.7 Å². The van der Waals surface area contributed by atoms with Crippen LogP contribution >= 0.6 is 11.6 Å². The van der Waals surface area contributed by atoms with E-state index in [9.17, 15) is 9.59 Å². The van der Waals surface area contributed by atoms with Crippen LogP contribution in [-0.4, -0.2) is 60.8 Å². The molecule has 0 aliphatic carbocycles. The molecule has 0 spiro atoms. The van der Waals surface area contributed by atoms with Gasteiger partial charge in [-0.1, -0.05) is 35.9 Å². The second-order valence-electron chi connectivity index (χ2n) is 7.97. The van der Waals surface area contributed by atoms with Gasteiger partial charge in [0, 0.05) is 23.2 Å². The molecular weight excluding hydrogens is 488 g/mol. The van der Waals surface area contributed by atoms with E-state index in [1.807, 2.05) is 24.3 Å². The van der Waals surface area contributed by atoms with Gasteiger partial charge in [-0.2, -0.15) is 0 Å². The van der Waals surface area contributed by atoms with E-state index in [-0.39, 0.29) is 12.5 Å². The van der Waals surface area contributed by atoms with Crippen molar-refractivity contribution in [3.8, 4) is 23.1 Å². The third-order valence-electron chi connectivity index (χ3n) is 5.79. The molecule has 1 unspecified atom stereocenters. The van der Waals surface area contributed by atoms with Gasteiger partial charge in [0.05, 0.1) is 26.5 Å². The average molecular weight is 513 g/mol. The molecule has 10 heteroatoms. The lowest BCUT2D eigenvalue weighted by Crippen LogP contribution is -2.43. The Morgan fingerprint density at radius 2 is 1.83 bits per heavy atom. The summed E-state index contributed by atoms with van der Waals surface area (Å²) < 4.78 is 21.7. The number of nitrogens with zero attached hydrogens (tertiary/aromatic N) is 2. The van der Waals surface area contributed by atoms with E-state index in [4.69, 9.17) is 35.7 Å². The molecule has 0 saturated carbocycles. The molecule has 0 saturated heterocycles. The van der Waals surface area contributed by atoms with Gasteiger partial charge >= 0.3 is 5.97 Å². The first-order valence-corrected chi connectivity index (χ1v) is 11.5. The highest BCUT2D eigenvalue weighted by atomic mass is 35.5. The Bertz CT molecular complexity index is 1270. The van der Waals surface area contributed by atoms with Gasteiger partial charge in [0.25, 0.3) is 11.8 Å². The number of carbonyl (C=O) groups excluding carboxylic acids is 1. The molecular formula is C26H25ClN2O7. The number of carbonyl (C=O) groups is 2. The van der Waals surface area contributed by atoms with Crippen LogP contribution in [0.2, 0.25) is 5.02 Å². The molecule has 9 nitrogen and oxygen atoms in total. The van der Waals surface area contributed by atoms with Gasteiger partial charge in [0.2, 0.25) is 0 Å². The molecule has 0 radical (unpaired) electrons. The molecule has 1 aromatic heterocycles. The Morgan fingerprint density at radius 3 is 2.58 bits per heavy atom. The fourth-order valence-electron chi connectivity index (χ4n) is 4.20. The number of aromatic nitrogens is 1. The van der Waals surface area contributed by atoms with Crippen LogP contribution in [0.1, 0.15) is 22.7 Å². The van der Waals surface area contributed by atoms with Crippen molar-refractivity contribution in [3.05, 3.63) is 76.4 Å². The second kappa shape index (κ2) is 11.2. The van der Waals surface area contributed by atoms with Crippen molar-refractivity contribution in [1.29, 1.82) is 0 Å². The Labute approximate surface area is 213 Å². The van der Waals surface area contributed by atoms with Crippen LogP contribution < -0.4 is 18.9 Å². The molecule has 1 aliphatic rings. The van der Waals surface area contributed by atoms with E-state index in [1.54, 1.807) is 29.2 Å². The maximum absolute atomic E-state index is 13.5. The lowest BCUT2D eigenvalue weighted by molar-refractivity contribution is -0.139. The zero-order valence-corrected chi connectivity index (χ0v) is 20.5. The summed E-state index contributed by atoms with van der Waals surface area (Å²) in [6.45, 7) is -0.340. The summed E-state index contributed by atoms with van der Waals surface area (Å²) in [6.07, 6.45) is 2.11. The van der Waals surface area contributed by atoms with Gasteiger partial charge in [-0.15, -0.1) is 0 Å². The van der Waals surface area contributed by atoms with Crippen molar-refractivity contribution in [2.24, 2.45) is 0 Å². The van der Waals surface area contributed by atoms with E-state index in [1.165, 1.54) is 20.4 Å². The quantitative estimate of drug-likeness (QED) is 0.461. The van der Waals surface area contributed by atoms with Crippen LogP contribution in [0.25, 0.3) is 0 Å². The van der Waals surface area contributed by atoms with E-state index in [0.717, 1.165) is 11.1 Å². The van der Waals surface area contributed by atoms with Crippen LogP contribution in [0.5, 0.6) is 23.1 Å². The summed E-state index contributed by atoms with van der Waals surface area (Å²) in [7, 11) is 2.97. The molecule has 0 fully saturated rings. The first kappa shape index (κ1) is 25.1. The average Bonchev–Trinajstić information content (AvgIpc) is 2.90. The molecule has 36 heavy (non-hydrogen) atoms. The maximum Gasteiger partial charge on any atom is 0.341 e. The van der Waals surface area contributed by atoms with E-state index in [0.29, 0.717) is 46.7 Å². The number of hydrogen-bond donors (Lipinski definition) is 1. The molecule has 1 N–H and O–H groups in total. The minimum absolute atomic E-state index is 0.248. The summed E-state index contributed by atoms with van der Waals surface area (Å²) in [6, 6.07) is 13.8. The monoisotopic (exact) mass is 512 g/mol. The minimum Gasteiger partial charge on any atom is -0.491 e. The van der Waals surface area contributed by atoms with Crippen LogP contribution in [0, 0.1) is 0 Å². The van der Waals surface area contributed by atoms with Crippen molar-refractivity contribution in [3.63, 3.8) is 0 Å². The number of aliphatic carboxylic acids is 1. The van der Waals surface area contributed by atoms with Gasteiger partial charge in [-0.25, -0.2) is 9.78 Å². The minimum atomic E-state index is -1.11. The number of ether oxygens (including phenoxy) is 4. The van der Waals surface area contributed by atoms with E-state index in [2.05, 4.69) is 4.98 Å². The number of pyridine rings is 1. The summed E-state index contributed by atoms with van der Waals surface area (Å²) in [5.41, 5.74) is 2.59. The number of carboxylic acids is 1. The number of rotatable bonds is 9. The highest BCUT2D eigenvalue weighted by Gasteiger charge is 2.34. The summed E-state index contributed by atoms with van der Waals surface area (Å²) in [5, 5.41) is 9.56. The van der Waals surface area contributed by atoms with Gasteiger partial charge in [0.15, 0.2) is 19.0 Å². The number of benzene rings is 2. The predicted octanol–water partition coefficient (Wildman–Crippen LogP) is 3.77. The SMILES string of the molecule is COc1cc(OCC(=O)N2CCc3ccccc3C2c2cc(Cl)ccc2OCC(=O)O)cnc1OC. The second-order valence-corrected chi connectivity index (χ2v) is 8.41. The van der Waals surface area contributed by atoms with Gasteiger partial charge in [-0.3, -0.25) is 4.79 Å². The van der Waals surface area contributed by atoms with Gasteiger partial charge in [0.1, 0.15) is 11.5 Å². The highest BCUT2D eigenvalue weighted by molar-refractivity contribution is 6.30. The molecule has 188 valence electrons. The van der Waals surface area contributed by atoms with Crippen molar-refractivity contribution in [2.75, 3.05) is 34.0 Å². The molecule has 1 atom stereocenters.